The second-order valence-corrected chi connectivity index (χ2v) is 5.68. The summed E-state index contributed by atoms with van der Waals surface area (Å²) in [6.45, 7) is 8.63. The molecule has 0 bridgehead atoms. The number of rotatable bonds is 1. The molecule has 86 valence electrons. The van der Waals surface area contributed by atoms with Crippen LogP contribution in [0.2, 0.25) is 0 Å². The van der Waals surface area contributed by atoms with Gasteiger partial charge in [0.2, 0.25) is 0 Å². The highest BCUT2D eigenvalue weighted by Gasteiger charge is 2.40. The Kier molecular flexibility index (Phi) is 2.97. The maximum atomic E-state index is 10.7. The molecule has 0 radical (unpaired) electrons. The van der Waals surface area contributed by atoms with Crippen molar-refractivity contribution in [3.63, 3.8) is 0 Å². The Balaban J connectivity index is 2.99. The first-order chi connectivity index (χ1) is 6.65. The quantitative estimate of drug-likeness (QED) is 0.676. The van der Waals surface area contributed by atoms with Crippen molar-refractivity contribution in [1.82, 2.24) is 4.90 Å². The van der Waals surface area contributed by atoms with E-state index in [9.17, 15) is 4.79 Å². The molecule has 0 amide bonds. The molecule has 1 N–H and O–H groups in total. The monoisotopic (exact) mass is 211 g/mol. The Morgan fingerprint density at radius 3 is 2.00 bits per heavy atom. The minimum atomic E-state index is -0.832. The van der Waals surface area contributed by atoms with Crippen LogP contribution in [0.25, 0.3) is 0 Å². The van der Waals surface area contributed by atoms with Crippen LogP contribution in [-0.2, 0) is 4.79 Å². The summed E-state index contributed by atoms with van der Waals surface area (Å²) < 4.78 is 0. The molecule has 0 saturated carbocycles. The Hall–Kier alpha value is -0.830. The molecule has 3 nitrogen and oxygen atoms in total. The fraction of sp³-hybridized carbons (Fsp3) is 0.750. The number of hydrogen-bond acceptors (Lipinski definition) is 2. The summed E-state index contributed by atoms with van der Waals surface area (Å²) >= 11 is 0. The van der Waals surface area contributed by atoms with E-state index in [1.165, 1.54) is 6.08 Å². The number of piperidine rings is 1. The Morgan fingerprint density at radius 1 is 1.27 bits per heavy atom. The first-order valence-electron chi connectivity index (χ1n) is 5.31. The molecule has 0 aromatic heterocycles. The van der Waals surface area contributed by atoms with Crippen LogP contribution in [0.5, 0.6) is 0 Å². The van der Waals surface area contributed by atoms with Crippen LogP contribution in [0.3, 0.4) is 0 Å². The van der Waals surface area contributed by atoms with Gasteiger partial charge in [0.15, 0.2) is 0 Å². The average molecular weight is 211 g/mol. The second-order valence-electron chi connectivity index (χ2n) is 5.68. The zero-order chi connectivity index (χ0) is 11.9. The van der Waals surface area contributed by atoms with Gasteiger partial charge >= 0.3 is 5.97 Å². The minimum absolute atomic E-state index is 0.0308. The number of likely N-dealkylation sites (tertiary alicyclic amines) is 1. The number of carboxylic acid groups (broad SMARTS) is 1. The maximum absolute atomic E-state index is 10.7. The number of aliphatic carboxylic acids is 1. The van der Waals surface area contributed by atoms with Crippen molar-refractivity contribution in [3.8, 4) is 0 Å². The second kappa shape index (κ2) is 3.63. The SMILES string of the molecule is CN1C(C)(C)CC(=CC(=O)O)CC1(C)C. The summed E-state index contributed by atoms with van der Waals surface area (Å²) in [5, 5.41) is 8.78. The van der Waals surface area contributed by atoms with Gasteiger partial charge in [-0.3, -0.25) is 4.90 Å². The molecule has 0 aliphatic carbocycles. The van der Waals surface area contributed by atoms with Crippen molar-refractivity contribution in [3.05, 3.63) is 11.6 Å². The fourth-order valence-electron chi connectivity index (χ4n) is 2.51. The fourth-order valence-corrected chi connectivity index (χ4v) is 2.51. The molecule has 3 heteroatoms. The first kappa shape index (κ1) is 12.2. The molecule has 0 atom stereocenters. The van der Waals surface area contributed by atoms with E-state index in [2.05, 4.69) is 39.6 Å². The van der Waals surface area contributed by atoms with Crippen LogP contribution in [0.15, 0.2) is 11.6 Å². The van der Waals surface area contributed by atoms with Gasteiger partial charge in [0.05, 0.1) is 0 Å². The van der Waals surface area contributed by atoms with Gasteiger partial charge in [-0.25, -0.2) is 4.79 Å². The van der Waals surface area contributed by atoms with Gasteiger partial charge in [-0.15, -0.1) is 0 Å². The van der Waals surface area contributed by atoms with E-state index < -0.39 is 5.97 Å². The van der Waals surface area contributed by atoms with Gasteiger partial charge in [-0.2, -0.15) is 0 Å². The van der Waals surface area contributed by atoms with Crippen LogP contribution < -0.4 is 0 Å². The summed E-state index contributed by atoms with van der Waals surface area (Å²) in [5.74, 6) is -0.832. The lowest BCUT2D eigenvalue weighted by atomic mass is 9.77. The van der Waals surface area contributed by atoms with E-state index in [4.69, 9.17) is 5.11 Å². The highest BCUT2D eigenvalue weighted by atomic mass is 16.4. The molecule has 0 spiro atoms. The lowest BCUT2D eigenvalue weighted by Gasteiger charge is -2.51. The molecule has 0 aromatic carbocycles. The van der Waals surface area contributed by atoms with Gasteiger partial charge in [0.1, 0.15) is 0 Å². The van der Waals surface area contributed by atoms with E-state index in [0.717, 1.165) is 18.4 Å². The Bertz CT molecular complexity index is 283. The Labute approximate surface area is 91.8 Å². The summed E-state index contributed by atoms with van der Waals surface area (Å²) in [7, 11) is 2.11. The van der Waals surface area contributed by atoms with Crippen molar-refractivity contribution in [2.45, 2.75) is 51.6 Å². The summed E-state index contributed by atoms with van der Waals surface area (Å²) in [6.07, 6.45) is 3.04. The van der Waals surface area contributed by atoms with E-state index in [0.29, 0.717) is 0 Å². The normalized spacial score (nSPS) is 25.0. The first-order valence-corrected chi connectivity index (χ1v) is 5.31. The minimum Gasteiger partial charge on any atom is -0.478 e. The number of nitrogens with zero attached hydrogens (tertiary/aromatic N) is 1. The van der Waals surface area contributed by atoms with E-state index in [-0.39, 0.29) is 11.1 Å². The van der Waals surface area contributed by atoms with Crippen molar-refractivity contribution in [1.29, 1.82) is 0 Å². The van der Waals surface area contributed by atoms with Crippen molar-refractivity contribution in [2.75, 3.05) is 7.05 Å². The van der Waals surface area contributed by atoms with Crippen LogP contribution in [-0.4, -0.2) is 34.1 Å². The van der Waals surface area contributed by atoms with Crippen molar-refractivity contribution >= 4 is 5.97 Å². The highest BCUT2D eigenvalue weighted by Crippen LogP contribution is 2.39. The van der Waals surface area contributed by atoms with Crippen LogP contribution in [0.4, 0.5) is 0 Å². The predicted molar refractivity (Wildman–Crippen MR) is 60.9 cm³/mol. The summed E-state index contributed by atoms with van der Waals surface area (Å²) in [5.41, 5.74) is 1.10. The third-order valence-electron chi connectivity index (χ3n) is 3.46. The van der Waals surface area contributed by atoms with Crippen LogP contribution in [0.1, 0.15) is 40.5 Å². The Morgan fingerprint density at radius 2 is 1.67 bits per heavy atom. The van der Waals surface area contributed by atoms with E-state index >= 15 is 0 Å². The third-order valence-corrected chi connectivity index (χ3v) is 3.46. The molecular formula is C12H21NO2. The molecule has 1 heterocycles. The summed E-state index contributed by atoms with van der Waals surface area (Å²) in [6, 6.07) is 0. The molecule has 15 heavy (non-hydrogen) atoms. The number of carboxylic acids is 1. The molecule has 1 saturated heterocycles. The molecule has 1 fully saturated rings. The highest BCUT2D eigenvalue weighted by molar-refractivity contribution is 5.80. The van der Waals surface area contributed by atoms with Crippen molar-refractivity contribution < 1.29 is 9.90 Å². The molecular weight excluding hydrogens is 190 g/mol. The molecule has 0 aromatic rings. The van der Waals surface area contributed by atoms with Gasteiger partial charge in [-0.05, 0) is 47.6 Å². The molecule has 1 rings (SSSR count). The lowest BCUT2D eigenvalue weighted by Crippen LogP contribution is -2.56. The van der Waals surface area contributed by atoms with Gasteiger partial charge in [-0.1, -0.05) is 5.57 Å². The zero-order valence-corrected chi connectivity index (χ0v) is 10.3. The standard InChI is InChI=1S/C12H21NO2/c1-11(2)7-9(6-10(14)15)8-12(3,4)13(11)5/h6H,7-8H2,1-5H3,(H,14,15). The van der Waals surface area contributed by atoms with Gasteiger partial charge < -0.3 is 5.11 Å². The molecule has 1 aliphatic rings. The average Bonchev–Trinajstić information content (AvgIpc) is 1.97. The summed E-state index contributed by atoms with van der Waals surface area (Å²) in [4.78, 5) is 13.0. The lowest BCUT2D eigenvalue weighted by molar-refractivity contribution is -0.131. The number of hydrogen-bond donors (Lipinski definition) is 1. The van der Waals surface area contributed by atoms with Crippen molar-refractivity contribution in [2.24, 2.45) is 0 Å². The zero-order valence-electron chi connectivity index (χ0n) is 10.3. The topological polar surface area (TPSA) is 40.5 Å². The smallest absolute Gasteiger partial charge is 0.328 e. The maximum Gasteiger partial charge on any atom is 0.328 e. The van der Waals surface area contributed by atoms with Gasteiger partial charge in [0.25, 0.3) is 0 Å². The van der Waals surface area contributed by atoms with Crippen LogP contribution in [0, 0.1) is 0 Å². The largest absolute Gasteiger partial charge is 0.478 e. The predicted octanol–water partition coefficient (Wildman–Crippen LogP) is 2.28. The van der Waals surface area contributed by atoms with E-state index in [1.54, 1.807) is 0 Å². The third kappa shape index (κ3) is 2.59. The van der Waals surface area contributed by atoms with Crippen LogP contribution >= 0.6 is 0 Å². The molecule has 1 aliphatic heterocycles. The van der Waals surface area contributed by atoms with Gasteiger partial charge in [0, 0.05) is 17.2 Å². The number of carbonyl (C=O) groups is 1. The van der Waals surface area contributed by atoms with E-state index in [1.807, 2.05) is 0 Å². The molecule has 0 unspecified atom stereocenters.